The molecule has 22 heavy (non-hydrogen) atoms. The summed E-state index contributed by atoms with van der Waals surface area (Å²) >= 11 is 0. The molecule has 0 radical (unpaired) electrons. The lowest BCUT2D eigenvalue weighted by molar-refractivity contribution is 0.598. The van der Waals surface area contributed by atoms with Crippen molar-refractivity contribution in [3.63, 3.8) is 0 Å². The van der Waals surface area contributed by atoms with Crippen molar-refractivity contribution in [2.75, 3.05) is 11.0 Å². The van der Waals surface area contributed by atoms with Gasteiger partial charge in [0, 0.05) is 11.9 Å². The van der Waals surface area contributed by atoms with Gasteiger partial charge in [0.05, 0.1) is 10.6 Å². The molecule has 0 spiro atoms. The van der Waals surface area contributed by atoms with E-state index in [1.807, 2.05) is 0 Å². The fourth-order valence-electron chi connectivity index (χ4n) is 1.81. The number of sulfonamides is 1. The monoisotopic (exact) mass is 343 g/mol. The molecule has 0 fully saturated rings. The Hall–Kier alpha value is -1.93. The van der Waals surface area contributed by atoms with E-state index >= 15 is 0 Å². The Bertz CT molecular complexity index is 875. The molecule has 0 aliphatic carbocycles. The predicted octanol–water partition coefficient (Wildman–Crippen LogP) is 2.17. The maximum Gasteiger partial charge on any atom is 0.236 e. The second kappa shape index (κ2) is 6.05. The fourth-order valence-corrected chi connectivity index (χ4v) is 3.66. The molecule has 8 heteroatoms. The zero-order chi connectivity index (χ0) is 16.4. The van der Waals surface area contributed by atoms with E-state index in [9.17, 15) is 21.2 Å². The van der Waals surface area contributed by atoms with Gasteiger partial charge in [-0.3, -0.25) is 4.72 Å². The van der Waals surface area contributed by atoms with Gasteiger partial charge in [0.15, 0.2) is 9.84 Å². The summed E-state index contributed by atoms with van der Waals surface area (Å²) in [5.74, 6) is -0.786. The predicted molar refractivity (Wildman–Crippen MR) is 82.2 cm³/mol. The lowest BCUT2D eigenvalue weighted by Crippen LogP contribution is -2.15. The Balaban J connectivity index is 2.20. The molecule has 0 saturated heterocycles. The lowest BCUT2D eigenvalue weighted by Gasteiger charge is -2.09. The topological polar surface area (TPSA) is 80.3 Å². The minimum absolute atomic E-state index is 0.0227. The van der Waals surface area contributed by atoms with Crippen molar-refractivity contribution in [2.24, 2.45) is 0 Å². The van der Waals surface area contributed by atoms with E-state index in [0.29, 0.717) is 5.56 Å². The van der Waals surface area contributed by atoms with Crippen LogP contribution in [0.4, 0.5) is 10.1 Å². The first kappa shape index (κ1) is 16.4. The Morgan fingerprint density at radius 2 is 1.64 bits per heavy atom. The van der Waals surface area contributed by atoms with Crippen LogP contribution < -0.4 is 4.72 Å². The number of hydrogen-bond donors (Lipinski definition) is 1. The Labute approximate surface area is 128 Å². The molecule has 2 aromatic carbocycles. The number of halogens is 1. The standard InChI is InChI=1S/C14H14FNO4S2/c1-21(17,18)14-4-2-3-13(9-14)16-22(19,20)10-11-5-7-12(15)8-6-11/h2-9,16H,10H2,1H3. The molecule has 0 aromatic heterocycles. The van der Waals surface area contributed by atoms with Crippen molar-refractivity contribution in [1.82, 2.24) is 0 Å². The first-order chi connectivity index (χ1) is 10.2. The molecule has 1 N–H and O–H groups in total. The molecule has 118 valence electrons. The first-order valence-electron chi connectivity index (χ1n) is 6.21. The molecule has 0 aliphatic heterocycles. The largest absolute Gasteiger partial charge is 0.283 e. The highest BCUT2D eigenvalue weighted by molar-refractivity contribution is 7.92. The van der Waals surface area contributed by atoms with Crippen LogP contribution in [0, 0.1) is 5.82 Å². The van der Waals surface area contributed by atoms with Gasteiger partial charge in [-0.15, -0.1) is 0 Å². The van der Waals surface area contributed by atoms with Crippen molar-refractivity contribution < 1.29 is 21.2 Å². The number of sulfone groups is 1. The molecule has 5 nitrogen and oxygen atoms in total. The van der Waals surface area contributed by atoms with Gasteiger partial charge in [-0.25, -0.2) is 21.2 Å². The van der Waals surface area contributed by atoms with E-state index < -0.39 is 25.7 Å². The van der Waals surface area contributed by atoms with Crippen molar-refractivity contribution >= 4 is 25.5 Å². The van der Waals surface area contributed by atoms with Gasteiger partial charge in [-0.05, 0) is 35.9 Å². The third kappa shape index (κ3) is 4.54. The fraction of sp³-hybridized carbons (Fsp3) is 0.143. The van der Waals surface area contributed by atoms with Crippen LogP contribution in [-0.2, 0) is 25.6 Å². The van der Waals surface area contributed by atoms with Crippen LogP contribution in [0.2, 0.25) is 0 Å². The van der Waals surface area contributed by atoms with Crippen LogP contribution in [0.15, 0.2) is 53.4 Å². The summed E-state index contributed by atoms with van der Waals surface area (Å²) < 4.78 is 62.2. The van der Waals surface area contributed by atoms with Crippen molar-refractivity contribution in [3.8, 4) is 0 Å². The maximum absolute atomic E-state index is 12.8. The molecule has 2 aromatic rings. The molecule has 2 rings (SSSR count). The van der Waals surface area contributed by atoms with Gasteiger partial charge in [0.2, 0.25) is 10.0 Å². The van der Waals surface area contributed by atoms with Crippen molar-refractivity contribution in [3.05, 3.63) is 59.9 Å². The first-order valence-corrected chi connectivity index (χ1v) is 9.75. The molecule has 0 aliphatic rings. The molecule has 0 heterocycles. The van der Waals surface area contributed by atoms with Crippen LogP contribution in [-0.4, -0.2) is 23.1 Å². The number of benzene rings is 2. The summed E-state index contributed by atoms with van der Waals surface area (Å²) in [6.07, 6.45) is 1.04. The molecule has 0 unspecified atom stereocenters. The van der Waals surface area contributed by atoms with Gasteiger partial charge < -0.3 is 0 Å². The zero-order valence-electron chi connectivity index (χ0n) is 11.7. The Kier molecular flexibility index (Phi) is 4.52. The molecular formula is C14H14FNO4S2. The highest BCUT2D eigenvalue weighted by Crippen LogP contribution is 2.18. The average molecular weight is 343 g/mol. The van der Waals surface area contributed by atoms with E-state index in [1.54, 1.807) is 0 Å². The summed E-state index contributed by atoms with van der Waals surface area (Å²) in [5, 5.41) is 0. The van der Waals surface area contributed by atoms with Crippen molar-refractivity contribution in [2.45, 2.75) is 10.6 Å². The number of hydrogen-bond acceptors (Lipinski definition) is 4. The summed E-state index contributed by atoms with van der Waals surface area (Å²) in [4.78, 5) is 0.0227. The van der Waals surface area contributed by atoms with E-state index in [-0.39, 0.29) is 16.3 Å². The van der Waals surface area contributed by atoms with Crippen LogP contribution in [0.3, 0.4) is 0 Å². The molecule has 0 amide bonds. The highest BCUT2D eigenvalue weighted by Gasteiger charge is 2.14. The summed E-state index contributed by atoms with van der Waals surface area (Å²) in [6, 6.07) is 10.6. The minimum Gasteiger partial charge on any atom is -0.283 e. The van der Waals surface area contributed by atoms with Gasteiger partial charge in [0.25, 0.3) is 0 Å². The van der Waals surface area contributed by atoms with Crippen LogP contribution in [0.1, 0.15) is 5.56 Å². The summed E-state index contributed by atoms with van der Waals surface area (Å²) in [7, 11) is -7.15. The van der Waals surface area contributed by atoms with Crippen LogP contribution >= 0.6 is 0 Å². The smallest absolute Gasteiger partial charge is 0.236 e. The third-order valence-corrected chi connectivity index (χ3v) is 5.18. The lowest BCUT2D eigenvalue weighted by atomic mass is 10.2. The zero-order valence-corrected chi connectivity index (χ0v) is 13.3. The second-order valence-electron chi connectivity index (χ2n) is 4.79. The Morgan fingerprint density at radius 1 is 1.00 bits per heavy atom. The summed E-state index contributed by atoms with van der Waals surface area (Å²) in [5.41, 5.74) is 0.582. The molecule has 0 bridgehead atoms. The maximum atomic E-state index is 12.8. The summed E-state index contributed by atoms with van der Waals surface area (Å²) in [6.45, 7) is 0. The normalized spacial score (nSPS) is 12.1. The number of nitrogens with one attached hydrogen (secondary N) is 1. The average Bonchev–Trinajstić information content (AvgIpc) is 2.40. The molecule has 0 saturated carbocycles. The SMILES string of the molecule is CS(=O)(=O)c1cccc(NS(=O)(=O)Cc2ccc(F)cc2)c1. The highest BCUT2D eigenvalue weighted by atomic mass is 32.2. The van der Waals surface area contributed by atoms with E-state index in [1.165, 1.54) is 48.5 Å². The van der Waals surface area contributed by atoms with Gasteiger partial charge in [0.1, 0.15) is 5.82 Å². The van der Waals surface area contributed by atoms with E-state index in [4.69, 9.17) is 0 Å². The van der Waals surface area contributed by atoms with E-state index in [2.05, 4.69) is 4.72 Å². The van der Waals surface area contributed by atoms with E-state index in [0.717, 1.165) is 6.26 Å². The second-order valence-corrected chi connectivity index (χ2v) is 8.53. The van der Waals surface area contributed by atoms with Crippen LogP contribution in [0.25, 0.3) is 0 Å². The quantitative estimate of drug-likeness (QED) is 0.902. The number of anilines is 1. The van der Waals surface area contributed by atoms with Gasteiger partial charge >= 0.3 is 0 Å². The molecule has 0 atom stereocenters. The molecular weight excluding hydrogens is 329 g/mol. The van der Waals surface area contributed by atoms with Gasteiger partial charge in [-0.2, -0.15) is 0 Å². The number of rotatable bonds is 5. The van der Waals surface area contributed by atoms with Crippen LogP contribution in [0.5, 0.6) is 0 Å². The van der Waals surface area contributed by atoms with Gasteiger partial charge in [-0.1, -0.05) is 18.2 Å². The third-order valence-electron chi connectivity index (χ3n) is 2.81. The minimum atomic E-state index is -3.73. The van der Waals surface area contributed by atoms with Crippen molar-refractivity contribution in [1.29, 1.82) is 0 Å². The Morgan fingerprint density at radius 3 is 2.23 bits per heavy atom.